The largest absolute Gasteiger partial charge is 0.446 e. The van der Waals surface area contributed by atoms with E-state index >= 15 is 0 Å². The number of methoxy groups -OCH3 is 1. The molecule has 1 heterocycles. The maximum atomic E-state index is 13.7. The summed E-state index contributed by atoms with van der Waals surface area (Å²) >= 11 is 0. The van der Waals surface area contributed by atoms with E-state index < -0.39 is 22.7 Å². The number of unbranched alkanes of at least 4 members (excludes halogenated alkanes) is 1. The Balaban J connectivity index is 2.00. The van der Waals surface area contributed by atoms with E-state index in [9.17, 15) is 14.9 Å². The molecule has 0 bridgehead atoms. The van der Waals surface area contributed by atoms with Crippen molar-refractivity contribution < 1.29 is 24.2 Å². The van der Waals surface area contributed by atoms with Gasteiger partial charge in [0, 0.05) is 25.0 Å². The standard InChI is InChI=1S/C26H30N4O6/c1-19-18-20(2)29-25(28-19)36-23(24(31)27-16-10-11-17-35-30(32)33)26(34-3,21-12-6-4-7-13-21)22-14-8-5-9-15-22/h4-9,12-15,18,23H,10-11,16-17H2,1-3H3,(H,27,31)/t23-/m1/s1. The highest BCUT2D eigenvalue weighted by Gasteiger charge is 2.49. The third kappa shape index (κ3) is 6.54. The number of amides is 1. The topological polar surface area (TPSA) is 126 Å². The number of nitrogens with one attached hydrogen (secondary N) is 1. The van der Waals surface area contributed by atoms with Gasteiger partial charge < -0.3 is 19.6 Å². The van der Waals surface area contributed by atoms with Crippen LogP contribution in [0.1, 0.15) is 35.4 Å². The van der Waals surface area contributed by atoms with Crippen molar-refractivity contribution >= 4 is 5.91 Å². The van der Waals surface area contributed by atoms with E-state index in [2.05, 4.69) is 20.1 Å². The predicted octanol–water partition coefficient (Wildman–Crippen LogP) is 3.54. The molecule has 1 amide bonds. The van der Waals surface area contributed by atoms with Gasteiger partial charge in [0.25, 0.3) is 11.0 Å². The fourth-order valence-electron chi connectivity index (χ4n) is 4.03. The molecule has 0 fully saturated rings. The van der Waals surface area contributed by atoms with E-state index in [4.69, 9.17) is 9.47 Å². The van der Waals surface area contributed by atoms with E-state index in [1.54, 1.807) is 0 Å². The summed E-state index contributed by atoms with van der Waals surface area (Å²) in [5.74, 6) is -0.442. The highest BCUT2D eigenvalue weighted by atomic mass is 16.9. The summed E-state index contributed by atoms with van der Waals surface area (Å²) in [5, 5.41) is 12.4. The Morgan fingerprint density at radius 3 is 2.06 bits per heavy atom. The summed E-state index contributed by atoms with van der Waals surface area (Å²) < 4.78 is 12.4. The lowest BCUT2D eigenvalue weighted by Crippen LogP contribution is -2.54. The number of carbonyl (C=O) groups excluding carboxylic acids is 1. The van der Waals surface area contributed by atoms with Crippen LogP contribution in [-0.2, 0) is 20.0 Å². The van der Waals surface area contributed by atoms with Crippen LogP contribution < -0.4 is 10.1 Å². The van der Waals surface area contributed by atoms with Crippen LogP contribution in [0.2, 0.25) is 0 Å². The van der Waals surface area contributed by atoms with E-state index in [1.165, 1.54) is 7.11 Å². The Labute approximate surface area is 209 Å². The van der Waals surface area contributed by atoms with Gasteiger partial charge in [0.2, 0.25) is 6.10 Å². The van der Waals surface area contributed by atoms with Gasteiger partial charge in [-0.3, -0.25) is 4.79 Å². The first-order chi connectivity index (χ1) is 17.4. The second-order valence-electron chi connectivity index (χ2n) is 8.16. The summed E-state index contributed by atoms with van der Waals surface area (Å²) in [6.07, 6.45) is -0.327. The lowest BCUT2D eigenvalue weighted by molar-refractivity contribution is -0.757. The SMILES string of the molecule is COC(c1ccccc1)(c1ccccc1)[C@H](Oc1nc(C)cc(C)n1)C(=O)NCCCCO[N+](=O)[O-]. The number of rotatable bonds is 13. The first-order valence-corrected chi connectivity index (χ1v) is 11.6. The molecule has 10 heteroatoms. The molecule has 1 N–H and O–H groups in total. The number of benzene rings is 2. The molecule has 1 atom stereocenters. The lowest BCUT2D eigenvalue weighted by atomic mass is 9.80. The number of ether oxygens (including phenoxy) is 2. The summed E-state index contributed by atoms with van der Waals surface area (Å²) in [7, 11) is 1.53. The zero-order chi connectivity index (χ0) is 26.0. The molecule has 190 valence electrons. The van der Waals surface area contributed by atoms with E-state index in [-0.39, 0.29) is 19.2 Å². The van der Waals surface area contributed by atoms with Gasteiger partial charge in [0.05, 0.1) is 6.61 Å². The zero-order valence-corrected chi connectivity index (χ0v) is 20.5. The second kappa shape index (κ2) is 12.6. The second-order valence-corrected chi connectivity index (χ2v) is 8.16. The minimum Gasteiger partial charge on any atom is -0.446 e. The van der Waals surface area contributed by atoms with Crippen molar-refractivity contribution in [2.45, 2.75) is 38.4 Å². The Morgan fingerprint density at radius 1 is 1.00 bits per heavy atom. The monoisotopic (exact) mass is 494 g/mol. The molecule has 0 spiro atoms. The van der Waals surface area contributed by atoms with Gasteiger partial charge in [-0.15, -0.1) is 10.1 Å². The maximum absolute atomic E-state index is 13.7. The minimum atomic E-state index is -1.33. The summed E-state index contributed by atoms with van der Waals surface area (Å²) in [4.78, 5) is 37.1. The number of hydrogen-bond donors (Lipinski definition) is 1. The van der Waals surface area contributed by atoms with Crippen LogP contribution >= 0.6 is 0 Å². The van der Waals surface area contributed by atoms with Crippen LogP contribution in [0.15, 0.2) is 66.7 Å². The quantitative estimate of drug-likeness (QED) is 0.217. The zero-order valence-electron chi connectivity index (χ0n) is 20.5. The maximum Gasteiger partial charge on any atom is 0.317 e. The number of aromatic nitrogens is 2. The predicted molar refractivity (Wildman–Crippen MR) is 132 cm³/mol. The van der Waals surface area contributed by atoms with Gasteiger partial charge in [-0.1, -0.05) is 60.7 Å². The Hall–Kier alpha value is -4.05. The molecule has 0 saturated carbocycles. The van der Waals surface area contributed by atoms with Gasteiger partial charge in [0.15, 0.2) is 5.60 Å². The molecule has 36 heavy (non-hydrogen) atoms. The molecule has 0 aliphatic rings. The smallest absolute Gasteiger partial charge is 0.317 e. The number of nitrogens with zero attached hydrogens (tertiary/aromatic N) is 3. The van der Waals surface area contributed by atoms with Crippen molar-refractivity contribution in [2.24, 2.45) is 0 Å². The molecule has 0 aliphatic carbocycles. The van der Waals surface area contributed by atoms with Gasteiger partial charge in [-0.05, 0) is 43.9 Å². The molecule has 0 saturated heterocycles. The third-order valence-electron chi connectivity index (χ3n) is 5.59. The molecular weight excluding hydrogens is 464 g/mol. The number of hydrogen-bond acceptors (Lipinski definition) is 8. The normalized spacial score (nSPS) is 12.0. The number of aryl methyl sites for hydroxylation is 2. The van der Waals surface area contributed by atoms with Gasteiger partial charge in [-0.25, -0.2) is 9.97 Å². The van der Waals surface area contributed by atoms with Gasteiger partial charge in [-0.2, -0.15) is 0 Å². The van der Waals surface area contributed by atoms with Gasteiger partial charge >= 0.3 is 6.01 Å². The first kappa shape index (κ1) is 26.6. The van der Waals surface area contributed by atoms with E-state index in [0.717, 1.165) is 0 Å². The molecule has 3 aromatic rings. The van der Waals surface area contributed by atoms with Crippen LogP contribution in [0, 0.1) is 24.0 Å². The number of carbonyl (C=O) groups is 1. The fourth-order valence-corrected chi connectivity index (χ4v) is 4.03. The Bertz CT molecular complexity index is 1080. The minimum absolute atomic E-state index is 0.0464. The van der Waals surface area contributed by atoms with E-state index in [1.807, 2.05) is 80.6 Å². The highest BCUT2D eigenvalue weighted by molar-refractivity contribution is 5.83. The molecule has 0 unspecified atom stereocenters. The molecule has 10 nitrogen and oxygen atoms in total. The van der Waals surface area contributed by atoms with Crippen LogP contribution in [-0.4, -0.2) is 47.3 Å². The fraction of sp³-hybridized carbons (Fsp3) is 0.346. The average Bonchev–Trinajstić information content (AvgIpc) is 2.86. The molecule has 0 aliphatic heterocycles. The van der Waals surface area contributed by atoms with Crippen molar-refractivity contribution in [1.29, 1.82) is 0 Å². The van der Waals surface area contributed by atoms with Crippen molar-refractivity contribution in [2.75, 3.05) is 20.3 Å². The van der Waals surface area contributed by atoms with Crippen molar-refractivity contribution in [3.63, 3.8) is 0 Å². The molecule has 3 rings (SSSR count). The van der Waals surface area contributed by atoms with Gasteiger partial charge in [0.1, 0.15) is 0 Å². The first-order valence-electron chi connectivity index (χ1n) is 11.6. The van der Waals surface area contributed by atoms with Crippen molar-refractivity contribution in [3.05, 3.63) is 99.4 Å². The van der Waals surface area contributed by atoms with E-state index in [0.29, 0.717) is 35.4 Å². The van der Waals surface area contributed by atoms with Crippen molar-refractivity contribution in [1.82, 2.24) is 15.3 Å². The third-order valence-corrected chi connectivity index (χ3v) is 5.59. The van der Waals surface area contributed by atoms with Crippen LogP contribution in [0.3, 0.4) is 0 Å². The summed E-state index contributed by atoms with van der Waals surface area (Å²) in [5.41, 5.74) is 1.49. The van der Waals surface area contributed by atoms with Crippen LogP contribution in [0.5, 0.6) is 6.01 Å². The molecule has 0 radical (unpaired) electrons. The highest BCUT2D eigenvalue weighted by Crippen LogP contribution is 2.38. The summed E-state index contributed by atoms with van der Waals surface area (Å²) in [6, 6.07) is 20.6. The molecular formula is C26H30N4O6. The Kier molecular flexibility index (Phi) is 9.29. The summed E-state index contributed by atoms with van der Waals surface area (Å²) in [6.45, 7) is 3.86. The average molecular weight is 495 g/mol. The molecule has 2 aromatic carbocycles. The van der Waals surface area contributed by atoms with Crippen LogP contribution in [0.25, 0.3) is 0 Å². The molecule has 1 aromatic heterocycles. The van der Waals surface area contributed by atoms with Crippen LogP contribution in [0.4, 0.5) is 0 Å². The Morgan fingerprint density at radius 2 is 1.56 bits per heavy atom. The lowest BCUT2D eigenvalue weighted by Gasteiger charge is -2.39. The van der Waals surface area contributed by atoms with Crippen molar-refractivity contribution in [3.8, 4) is 6.01 Å².